The normalized spacial score (nSPS) is 18.4. The summed E-state index contributed by atoms with van der Waals surface area (Å²) in [5, 5.41) is 24.8. The van der Waals surface area contributed by atoms with Crippen LogP contribution in [0.2, 0.25) is 0 Å². The van der Waals surface area contributed by atoms with Crippen molar-refractivity contribution in [3.63, 3.8) is 0 Å². The first kappa shape index (κ1) is 18.5. The van der Waals surface area contributed by atoms with E-state index in [4.69, 9.17) is 4.52 Å². The number of aryl methyl sites for hydroxylation is 2. The number of carbonyl (C=O) groups is 2. The van der Waals surface area contributed by atoms with Crippen LogP contribution in [0.1, 0.15) is 28.5 Å². The van der Waals surface area contributed by atoms with Crippen molar-refractivity contribution in [2.24, 2.45) is 0 Å². The molecule has 2 aromatic carbocycles. The van der Waals surface area contributed by atoms with Gasteiger partial charge in [0.15, 0.2) is 5.82 Å². The van der Waals surface area contributed by atoms with Gasteiger partial charge in [-0.05, 0) is 31.5 Å². The van der Waals surface area contributed by atoms with Gasteiger partial charge in [-0.2, -0.15) is 0 Å². The fourth-order valence-electron chi connectivity index (χ4n) is 3.41. The van der Waals surface area contributed by atoms with Gasteiger partial charge in [-0.1, -0.05) is 47.1 Å². The van der Waals surface area contributed by atoms with E-state index in [1.807, 2.05) is 6.92 Å². The molecule has 0 aliphatic carbocycles. The lowest BCUT2D eigenvalue weighted by atomic mass is 9.95. The SMILES string of the molecule is Cc1ccc(C(O)=C2C(=O)C(=O)N(c3cc(C)on3)[C@@H]2c2cccc(O)c2)cc1. The zero-order valence-corrected chi connectivity index (χ0v) is 15.8. The zero-order chi connectivity index (χ0) is 20.7. The Bertz CT molecular complexity index is 1140. The zero-order valence-electron chi connectivity index (χ0n) is 15.8. The highest BCUT2D eigenvalue weighted by Gasteiger charge is 2.48. The maximum Gasteiger partial charge on any atom is 0.301 e. The number of aromatic hydroxyl groups is 1. The molecule has 0 saturated carbocycles. The number of amides is 1. The van der Waals surface area contributed by atoms with E-state index in [2.05, 4.69) is 5.16 Å². The molecule has 7 heteroatoms. The fourth-order valence-corrected chi connectivity index (χ4v) is 3.41. The maximum atomic E-state index is 12.9. The Morgan fingerprint density at radius 3 is 2.41 bits per heavy atom. The summed E-state index contributed by atoms with van der Waals surface area (Å²) < 4.78 is 5.08. The average molecular weight is 390 g/mol. The molecule has 0 radical (unpaired) electrons. The van der Waals surface area contributed by atoms with E-state index in [0.717, 1.165) is 5.56 Å². The van der Waals surface area contributed by atoms with Crippen molar-refractivity contribution in [2.75, 3.05) is 4.90 Å². The van der Waals surface area contributed by atoms with Crippen LogP contribution in [0, 0.1) is 13.8 Å². The highest BCUT2D eigenvalue weighted by Crippen LogP contribution is 2.42. The van der Waals surface area contributed by atoms with Crippen molar-refractivity contribution in [1.82, 2.24) is 5.16 Å². The molecule has 1 saturated heterocycles. The van der Waals surface area contributed by atoms with Gasteiger partial charge < -0.3 is 14.7 Å². The van der Waals surface area contributed by atoms with Gasteiger partial charge in [0.2, 0.25) is 0 Å². The Hall–Kier alpha value is -3.87. The van der Waals surface area contributed by atoms with Crippen LogP contribution in [0.25, 0.3) is 5.76 Å². The molecule has 29 heavy (non-hydrogen) atoms. The van der Waals surface area contributed by atoms with Crippen molar-refractivity contribution < 1.29 is 24.3 Å². The first-order valence-electron chi connectivity index (χ1n) is 8.97. The van der Waals surface area contributed by atoms with Crippen molar-refractivity contribution in [3.05, 3.63) is 82.6 Å². The Labute approximate surface area is 166 Å². The van der Waals surface area contributed by atoms with Crippen LogP contribution in [0.4, 0.5) is 5.82 Å². The first-order valence-corrected chi connectivity index (χ1v) is 8.97. The van der Waals surface area contributed by atoms with E-state index >= 15 is 0 Å². The highest BCUT2D eigenvalue weighted by atomic mass is 16.5. The van der Waals surface area contributed by atoms with Crippen molar-refractivity contribution in [1.29, 1.82) is 0 Å². The van der Waals surface area contributed by atoms with Crippen LogP contribution in [0.15, 0.2) is 64.7 Å². The molecule has 7 nitrogen and oxygen atoms in total. The third-order valence-electron chi connectivity index (χ3n) is 4.82. The van der Waals surface area contributed by atoms with E-state index in [1.165, 1.54) is 23.1 Å². The molecule has 0 spiro atoms. The Morgan fingerprint density at radius 2 is 1.79 bits per heavy atom. The number of nitrogens with zero attached hydrogens (tertiary/aromatic N) is 2. The summed E-state index contributed by atoms with van der Waals surface area (Å²) in [6.45, 7) is 3.57. The van der Waals surface area contributed by atoms with Gasteiger partial charge in [0.25, 0.3) is 5.78 Å². The molecule has 0 bridgehead atoms. The smallest absolute Gasteiger partial charge is 0.301 e. The topological polar surface area (TPSA) is 104 Å². The number of aromatic nitrogens is 1. The van der Waals surface area contributed by atoms with Gasteiger partial charge in [-0.25, -0.2) is 0 Å². The van der Waals surface area contributed by atoms with Gasteiger partial charge in [-0.3, -0.25) is 14.5 Å². The van der Waals surface area contributed by atoms with Crippen molar-refractivity contribution in [3.8, 4) is 5.75 Å². The van der Waals surface area contributed by atoms with Gasteiger partial charge in [0, 0.05) is 11.6 Å². The molecule has 1 atom stereocenters. The molecule has 1 amide bonds. The predicted molar refractivity (Wildman–Crippen MR) is 105 cm³/mol. The number of hydrogen-bond acceptors (Lipinski definition) is 6. The Balaban J connectivity index is 1.95. The van der Waals surface area contributed by atoms with Crippen molar-refractivity contribution >= 4 is 23.3 Å². The molecule has 2 N–H and O–H groups in total. The summed E-state index contributed by atoms with van der Waals surface area (Å²) in [6, 6.07) is 13.7. The van der Waals surface area contributed by atoms with E-state index in [1.54, 1.807) is 43.3 Å². The van der Waals surface area contributed by atoms with Crippen LogP contribution in [0.3, 0.4) is 0 Å². The second kappa shape index (κ2) is 6.94. The standard InChI is InChI=1S/C22H18N2O5/c1-12-6-8-14(9-7-12)20(26)18-19(15-4-3-5-16(25)11-15)24(22(28)21(18)27)17-10-13(2)29-23-17/h3-11,19,25-26H,1-2H3/t19-/m1/s1. The second-order valence-corrected chi connectivity index (χ2v) is 6.93. The maximum absolute atomic E-state index is 12.9. The van der Waals surface area contributed by atoms with E-state index in [0.29, 0.717) is 16.9 Å². The number of ketones is 1. The van der Waals surface area contributed by atoms with E-state index < -0.39 is 17.7 Å². The third-order valence-corrected chi connectivity index (χ3v) is 4.82. The van der Waals surface area contributed by atoms with E-state index in [9.17, 15) is 19.8 Å². The summed E-state index contributed by atoms with van der Waals surface area (Å²) >= 11 is 0. The number of hydrogen-bond donors (Lipinski definition) is 2. The molecule has 1 fully saturated rings. The number of carbonyl (C=O) groups excluding carboxylic acids is 2. The second-order valence-electron chi connectivity index (χ2n) is 6.93. The molecular weight excluding hydrogens is 372 g/mol. The largest absolute Gasteiger partial charge is 0.508 e. The summed E-state index contributed by atoms with van der Waals surface area (Å²) in [6.07, 6.45) is 0. The number of phenolic OH excluding ortho intramolecular Hbond substituents is 1. The van der Waals surface area contributed by atoms with Crippen LogP contribution in [0.5, 0.6) is 5.75 Å². The molecule has 2 heterocycles. The van der Waals surface area contributed by atoms with Crippen LogP contribution < -0.4 is 4.90 Å². The average Bonchev–Trinajstić information content (AvgIpc) is 3.23. The molecule has 1 aliphatic rings. The molecule has 3 aromatic rings. The minimum atomic E-state index is -0.965. The number of rotatable bonds is 3. The monoisotopic (exact) mass is 390 g/mol. The first-order chi connectivity index (χ1) is 13.9. The third kappa shape index (κ3) is 3.16. The van der Waals surface area contributed by atoms with Crippen LogP contribution in [-0.2, 0) is 9.59 Å². The lowest BCUT2D eigenvalue weighted by Crippen LogP contribution is -2.29. The number of Topliss-reactive ketones (excluding diaryl/α,β-unsaturated/α-hetero) is 1. The Kier molecular flexibility index (Phi) is 4.43. The fraction of sp³-hybridized carbons (Fsp3) is 0.136. The lowest BCUT2D eigenvalue weighted by Gasteiger charge is -2.23. The summed E-state index contributed by atoms with van der Waals surface area (Å²) in [7, 11) is 0. The summed E-state index contributed by atoms with van der Waals surface area (Å²) in [4.78, 5) is 27.0. The molecule has 1 aromatic heterocycles. The lowest BCUT2D eigenvalue weighted by molar-refractivity contribution is -0.132. The Morgan fingerprint density at radius 1 is 1.07 bits per heavy atom. The minimum Gasteiger partial charge on any atom is -0.508 e. The van der Waals surface area contributed by atoms with Gasteiger partial charge in [0.1, 0.15) is 17.3 Å². The van der Waals surface area contributed by atoms with Crippen molar-refractivity contribution in [2.45, 2.75) is 19.9 Å². The van der Waals surface area contributed by atoms with Crippen LogP contribution in [-0.4, -0.2) is 27.1 Å². The molecule has 1 aliphatic heterocycles. The number of aliphatic hydroxyl groups excluding tert-OH is 1. The van der Waals surface area contributed by atoms with Gasteiger partial charge in [-0.15, -0.1) is 0 Å². The van der Waals surface area contributed by atoms with Crippen LogP contribution >= 0.6 is 0 Å². The quantitative estimate of drug-likeness (QED) is 0.402. The molecular formula is C22H18N2O5. The molecule has 4 rings (SSSR count). The van der Waals surface area contributed by atoms with Gasteiger partial charge in [0.05, 0.1) is 11.6 Å². The number of benzene rings is 2. The van der Waals surface area contributed by atoms with E-state index in [-0.39, 0.29) is 22.9 Å². The summed E-state index contributed by atoms with van der Waals surface area (Å²) in [5.74, 6) is -1.37. The number of phenols is 1. The molecule has 0 unspecified atom stereocenters. The highest BCUT2D eigenvalue weighted by molar-refractivity contribution is 6.51. The summed E-state index contributed by atoms with van der Waals surface area (Å²) in [5.41, 5.74) is 1.78. The number of anilines is 1. The predicted octanol–water partition coefficient (Wildman–Crippen LogP) is 3.62. The molecule has 146 valence electrons. The number of aliphatic hydroxyl groups is 1. The minimum absolute atomic E-state index is 0.0280. The van der Waals surface area contributed by atoms with Gasteiger partial charge >= 0.3 is 5.91 Å².